The Morgan fingerprint density at radius 2 is 1.72 bits per heavy atom. The minimum Gasteiger partial charge on any atom is -0.356 e. The molecule has 4 aromatic rings. The van der Waals surface area contributed by atoms with Gasteiger partial charge in [0.15, 0.2) is 0 Å². The third-order valence-electron chi connectivity index (χ3n) is 6.74. The van der Waals surface area contributed by atoms with E-state index in [-0.39, 0.29) is 11.8 Å². The van der Waals surface area contributed by atoms with Crippen LogP contribution in [0, 0.1) is 5.92 Å². The van der Waals surface area contributed by atoms with Gasteiger partial charge in [0.05, 0.1) is 11.0 Å². The smallest absolute Gasteiger partial charge is 0.223 e. The van der Waals surface area contributed by atoms with Gasteiger partial charge in [-0.3, -0.25) is 4.79 Å². The van der Waals surface area contributed by atoms with Crippen molar-refractivity contribution >= 4 is 27.7 Å². The number of fused-ring (bicyclic) bond motifs is 2. The Hall–Kier alpha value is -3.14. The number of aryl methyl sites for hydroxylation is 1. The number of aromatic nitrogens is 2. The van der Waals surface area contributed by atoms with Gasteiger partial charge in [-0.1, -0.05) is 67.8 Å². The zero-order chi connectivity index (χ0) is 21.8. The normalized spacial score (nSPS) is 14.8. The fourth-order valence-corrected chi connectivity index (χ4v) is 4.98. The van der Waals surface area contributed by atoms with E-state index in [9.17, 15) is 4.79 Å². The average Bonchev–Trinajstić information content (AvgIpc) is 3.19. The highest BCUT2D eigenvalue weighted by Crippen LogP contribution is 2.24. The summed E-state index contributed by atoms with van der Waals surface area (Å²) in [6, 6.07) is 23.5. The molecule has 1 aliphatic carbocycles. The fraction of sp³-hybridized carbons (Fsp3) is 0.357. The first-order chi connectivity index (χ1) is 15.8. The lowest BCUT2D eigenvalue weighted by molar-refractivity contribution is -0.125. The van der Waals surface area contributed by atoms with Gasteiger partial charge in [0, 0.05) is 25.4 Å². The number of hydrogen-bond acceptors (Lipinski definition) is 2. The third-order valence-corrected chi connectivity index (χ3v) is 6.74. The SMILES string of the molecule is O=C(NCCCc1nc2ccccc2n1Cc1ccc2ccccc2c1)C1CCCCC1. The highest BCUT2D eigenvalue weighted by Gasteiger charge is 2.20. The molecular weight excluding hydrogens is 394 g/mol. The monoisotopic (exact) mass is 425 g/mol. The molecule has 0 radical (unpaired) electrons. The lowest BCUT2D eigenvalue weighted by Crippen LogP contribution is -2.32. The summed E-state index contributed by atoms with van der Waals surface area (Å²) in [5.41, 5.74) is 3.48. The van der Waals surface area contributed by atoms with Crippen molar-refractivity contribution in [3.8, 4) is 0 Å². The summed E-state index contributed by atoms with van der Waals surface area (Å²) in [5, 5.41) is 5.70. The summed E-state index contributed by atoms with van der Waals surface area (Å²) in [7, 11) is 0. The van der Waals surface area contributed by atoms with Crippen LogP contribution in [-0.4, -0.2) is 22.0 Å². The van der Waals surface area contributed by atoms with E-state index >= 15 is 0 Å². The summed E-state index contributed by atoms with van der Waals surface area (Å²) in [5.74, 6) is 1.56. The fourth-order valence-electron chi connectivity index (χ4n) is 4.98. The van der Waals surface area contributed by atoms with E-state index in [4.69, 9.17) is 4.98 Å². The van der Waals surface area contributed by atoms with E-state index in [1.807, 2.05) is 6.07 Å². The molecule has 164 valence electrons. The predicted molar refractivity (Wildman–Crippen MR) is 131 cm³/mol. The van der Waals surface area contributed by atoms with Crippen molar-refractivity contribution in [2.75, 3.05) is 6.54 Å². The molecule has 32 heavy (non-hydrogen) atoms. The zero-order valence-corrected chi connectivity index (χ0v) is 18.6. The van der Waals surface area contributed by atoms with Gasteiger partial charge < -0.3 is 9.88 Å². The molecule has 0 spiro atoms. The molecule has 4 nitrogen and oxygen atoms in total. The van der Waals surface area contributed by atoms with E-state index in [1.165, 1.54) is 41.1 Å². The van der Waals surface area contributed by atoms with Crippen molar-refractivity contribution in [1.82, 2.24) is 14.9 Å². The zero-order valence-electron chi connectivity index (χ0n) is 18.6. The lowest BCUT2D eigenvalue weighted by Gasteiger charge is -2.20. The van der Waals surface area contributed by atoms with Crippen LogP contribution in [0.1, 0.15) is 49.9 Å². The van der Waals surface area contributed by atoms with Crippen molar-refractivity contribution in [1.29, 1.82) is 0 Å². The molecule has 4 heteroatoms. The number of amides is 1. The summed E-state index contributed by atoms with van der Waals surface area (Å²) in [6.07, 6.45) is 7.51. The summed E-state index contributed by atoms with van der Waals surface area (Å²) in [6.45, 7) is 1.52. The first-order valence-corrected chi connectivity index (χ1v) is 12.0. The number of hydrogen-bond donors (Lipinski definition) is 1. The second-order valence-corrected chi connectivity index (χ2v) is 9.01. The van der Waals surface area contributed by atoms with Crippen LogP contribution in [0.5, 0.6) is 0 Å². The van der Waals surface area contributed by atoms with E-state index in [2.05, 4.69) is 70.5 Å². The first-order valence-electron chi connectivity index (χ1n) is 12.0. The Morgan fingerprint density at radius 1 is 0.938 bits per heavy atom. The predicted octanol–water partition coefficient (Wildman–Crippen LogP) is 5.87. The quantitative estimate of drug-likeness (QED) is 0.377. The van der Waals surface area contributed by atoms with Gasteiger partial charge in [-0.2, -0.15) is 0 Å². The van der Waals surface area contributed by atoms with Gasteiger partial charge in [0.2, 0.25) is 5.91 Å². The molecule has 1 amide bonds. The van der Waals surface area contributed by atoms with Gasteiger partial charge in [-0.25, -0.2) is 4.98 Å². The van der Waals surface area contributed by atoms with Gasteiger partial charge in [0.1, 0.15) is 5.82 Å². The molecule has 1 fully saturated rings. The summed E-state index contributed by atoms with van der Waals surface area (Å²) in [4.78, 5) is 17.4. The van der Waals surface area contributed by atoms with E-state index in [0.29, 0.717) is 6.54 Å². The van der Waals surface area contributed by atoms with Crippen LogP contribution in [0.15, 0.2) is 66.7 Å². The Bertz CT molecular complexity index is 1220. The van der Waals surface area contributed by atoms with E-state index in [1.54, 1.807) is 0 Å². The number of nitrogens with zero attached hydrogens (tertiary/aromatic N) is 2. The molecule has 1 aliphatic rings. The van der Waals surface area contributed by atoms with Gasteiger partial charge in [0.25, 0.3) is 0 Å². The summed E-state index contributed by atoms with van der Waals surface area (Å²) >= 11 is 0. The standard InChI is InChI=1S/C28H31N3O/c32-28(23-10-2-1-3-11-23)29-18-8-15-27-30-25-13-6-7-14-26(25)31(27)20-21-16-17-22-9-4-5-12-24(22)19-21/h4-7,9,12-14,16-17,19,23H,1-3,8,10-11,15,18,20H2,(H,29,32). The maximum atomic E-state index is 12.4. The Labute approximate surface area is 189 Å². The second kappa shape index (κ2) is 9.56. The molecule has 0 aliphatic heterocycles. The van der Waals surface area contributed by atoms with Crippen molar-refractivity contribution in [2.24, 2.45) is 5.92 Å². The molecule has 1 N–H and O–H groups in total. The molecule has 0 atom stereocenters. The summed E-state index contributed by atoms with van der Waals surface area (Å²) < 4.78 is 2.34. The van der Waals surface area contributed by atoms with Gasteiger partial charge in [-0.15, -0.1) is 0 Å². The Kier molecular flexibility index (Phi) is 6.20. The average molecular weight is 426 g/mol. The third kappa shape index (κ3) is 4.55. The van der Waals surface area contributed by atoms with Crippen LogP contribution in [0.25, 0.3) is 21.8 Å². The number of benzene rings is 3. The molecule has 0 unspecified atom stereocenters. The maximum Gasteiger partial charge on any atom is 0.223 e. The van der Waals surface area contributed by atoms with Crippen molar-refractivity contribution < 1.29 is 4.79 Å². The number of rotatable bonds is 7. The highest BCUT2D eigenvalue weighted by molar-refractivity contribution is 5.83. The molecule has 0 saturated heterocycles. The first kappa shape index (κ1) is 20.7. The molecule has 1 saturated carbocycles. The number of nitrogens with one attached hydrogen (secondary N) is 1. The molecule has 3 aromatic carbocycles. The lowest BCUT2D eigenvalue weighted by atomic mass is 9.89. The van der Waals surface area contributed by atoms with Crippen LogP contribution < -0.4 is 5.32 Å². The number of para-hydroxylation sites is 2. The number of carbonyl (C=O) groups is 1. The van der Waals surface area contributed by atoms with Crippen LogP contribution >= 0.6 is 0 Å². The topological polar surface area (TPSA) is 46.9 Å². The largest absolute Gasteiger partial charge is 0.356 e. The minimum absolute atomic E-state index is 0.223. The van der Waals surface area contributed by atoms with Crippen LogP contribution in [0.2, 0.25) is 0 Å². The molecule has 5 rings (SSSR count). The van der Waals surface area contributed by atoms with Crippen LogP contribution in [0.3, 0.4) is 0 Å². The van der Waals surface area contributed by atoms with Gasteiger partial charge >= 0.3 is 0 Å². The Morgan fingerprint density at radius 3 is 2.59 bits per heavy atom. The number of imidazole rings is 1. The molecular formula is C28H31N3O. The van der Waals surface area contributed by atoms with Crippen LogP contribution in [-0.2, 0) is 17.8 Å². The number of carbonyl (C=O) groups excluding carboxylic acids is 1. The van der Waals surface area contributed by atoms with Crippen molar-refractivity contribution in [3.63, 3.8) is 0 Å². The minimum atomic E-state index is 0.223. The van der Waals surface area contributed by atoms with Crippen molar-refractivity contribution in [3.05, 3.63) is 78.1 Å². The molecule has 0 bridgehead atoms. The van der Waals surface area contributed by atoms with Gasteiger partial charge in [-0.05, 0) is 53.8 Å². The van der Waals surface area contributed by atoms with E-state index < -0.39 is 0 Å². The maximum absolute atomic E-state index is 12.4. The van der Waals surface area contributed by atoms with Crippen LogP contribution in [0.4, 0.5) is 0 Å². The highest BCUT2D eigenvalue weighted by atomic mass is 16.1. The Balaban J connectivity index is 1.29. The molecule has 1 aromatic heterocycles. The second-order valence-electron chi connectivity index (χ2n) is 9.01. The van der Waals surface area contributed by atoms with Crippen molar-refractivity contribution in [2.45, 2.75) is 51.5 Å². The van der Waals surface area contributed by atoms with E-state index in [0.717, 1.165) is 43.6 Å². The molecule has 1 heterocycles.